The molecule has 1 radical (unpaired) electrons. The molecule has 0 aromatic carbocycles. The Labute approximate surface area is 72.2 Å². The van der Waals surface area contributed by atoms with Gasteiger partial charge in [0.2, 0.25) is 0 Å². The Bertz CT molecular complexity index is 195. The molecule has 2 N–H and O–H groups in total. The van der Waals surface area contributed by atoms with Gasteiger partial charge < -0.3 is 10.6 Å². The van der Waals surface area contributed by atoms with Crippen LogP contribution < -0.4 is 10.6 Å². The number of hydrogen-bond acceptors (Lipinski definition) is 4. The Kier molecular flexibility index (Phi) is 2.25. The van der Waals surface area contributed by atoms with Gasteiger partial charge in [-0.05, 0) is 0 Å². The summed E-state index contributed by atoms with van der Waals surface area (Å²) in [7, 11) is 0. The molecular weight excluding hydrogens is 152 g/mol. The van der Waals surface area contributed by atoms with Crippen LogP contribution in [0.25, 0.3) is 0 Å². The Morgan fingerprint density at radius 1 is 1.17 bits per heavy atom. The van der Waals surface area contributed by atoms with Crippen LogP contribution in [0.2, 0.25) is 0 Å². The van der Waals surface area contributed by atoms with Crippen LogP contribution in [0.15, 0.2) is 9.98 Å². The SMILES string of the molecule is [CH](CC1=NCCN1)C1=NCCN1. The molecule has 0 unspecified atom stereocenters. The smallest absolute Gasteiger partial charge is 0.101 e. The molecule has 4 nitrogen and oxygen atoms in total. The standard InChI is InChI=1S/C8H13N4/c1(7-9-3-4-10-7)2-8-11-5-6-12-8/h1H,2-6H2,(H,9,10)(H,11,12). The highest BCUT2D eigenvalue weighted by atomic mass is 15.1. The van der Waals surface area contributed by atoms with Gasteiger partial charge in [0.15, 0.2) is 0 Å². The van der Waals surface area contributed by atoms with Gasteiger partial charge in [0, 0.05) is 25.9 Å². The first kappa shape index (κ1) is 7.58. The second kappa shape index (κ2) is 3.56. The van der Waals surface area contributed by atoms with E-state index in [9.17, 15) is 0 Å². The molecule has 0 aliphatic carbocycles. The third kappa shape index (κ3) is 1.75. The van der Waals surface area contributed by atoms with E-state index in [0.717, 1.165) is 44.3 Å². The monoisotopic (exact) mass is 165 g/mol. The number of amidine groups is 2. The molecule has 2 heterocycles. The van der Waals surface area contributed by atoms with Gasteiger partial charge in [-0.3, -0.25) is 9.98 Å². The molecule has 65 valence electrons. The van der Waals surface area contributed by atoms with E-state index in [1.807, 2.05) is 0 Å². The second-order valence-electron chi connectivity index (χ2n) is 2.86. The summed E-state index contributed by atoms with van der Waals surface area (Å²) in [6.07, 6.45) is 2.97. The maximum atomic E-state index is 4.29. The highest BCUT2D eigenvalue weighted by Crippen LogP contribution is 1.98. The fraction of sp³-hybridized carbons (Fsp3) is 0.625. The van der Waals surface area contributed by atoms with Crippen LogP contribution in [-0.4, -0.2) is 37.9 Å². The van der Waals surface area contributed by atoms with E-state index < -0.39 is 0 Å². The van der Waals surface area contributed by atoms with Crippen LogP contribution in [0.1, 0.15) is 6.42 Å². The van der Waals surface area contributed by atoms with Gasteiger partial charge in [0.05, 0.1) is 18.9 Å². The summed E-state index contributed by atoms with van der Waals surface area (Å²) in [4.78, 5) is 8.55. The van der Waals surface area contributed by atoms with Crippen molar-refractivity contribution in [2.24, 2.45) is 9.98 Å². The topological polar surface area (TPSA) is 48.8 Å². The van der Waals surface area contributed by atoms with Crippen molar-refractivity contribution in [3.05, 3.63) is 6.42 Å². The zero-order valence-corrected chi connectivity index (χ0v) is 7.01. The first-order valence-electron chi connectivity index (χ1n) is 4.34. The average molecular weight is 165 g/mol. The molecule has 12 heavy (non-hydrogen) atoms. The Hall–Kier alpha value is -1.06. The summed E-state index contributed by atoms with van der Waals surface area (Å²) in [5.74, 6) is 2.11. The molecule has 0 atom stereocenters. The normalized spacial score (nSPS) is 21.3. The van der Waals surface area contributed by atoms with E-state index in [-0.39, 0.29) is 0 Å². The van der Waals surface area contributed by atoms with Crippen LogP contribution >= 0.6 is 0 Å². The molecule has 4 heteroatoms. The van der Waals surface area contributed by atoms with E-state index in [4.69, 9.17) is 0 Å². The molecule has 0 spiro atoms. The number of aliphatic imine (C=N–C) groups is 2. The molecule has 0 saturated heterocycles. The lowest BCUT2D eigenvalue weighted by Crippen LogP contribution is -2.23. The molecule has 0 aromatic heterocycles. The van der Waals surface area contributed by atoms with Crippen LogP contribution in [0.5, 0.6) is 0 Å². The summed E-state index contributed by atoms with van der Waals surface area (Å²) in [5, 5.41) is 6.41. The maximum Gasteiger partial charge on any atom is 0.101 e. The largest absolute Gasteiger partial charge is 0.372 e. The van der Waals surface area contributed by atoms with Crippen LogP contribution in [0.4, 0.5) is 0 Å². The summed E-state index contributed by atoms with van der Waals surface area (Å²) < 4.78 is 0. The molecule has 2 rings (SSSR count). The Morgan fingerprint density at radius 3 is 2.67 bits per heavy atom. The molecule has 0 amide bonds. The van der Waals surface area contributed by atoms with Crippen molar-refractivity contribution >= 4 is 11.7 Å². The minimum absolute atomic E-state index is 0.881. The quantitative estimate of drug-likeness (QED) is 0.597. The molecule has 0 saturated carbocycles. The van der Waals surface area contributed by atoms with Crippen molar-refractivity contribution in [2.45, 2.75) is 6.42 Å². The fourth-order valence-electron chi connectivity index (χ4n) is 1.33. The summed E-state index contributed by atoms with van der Waals surface area (Å²) in [6.45, 7) is 3.80. The molecule has 0 fully saturated rings. The van der Waals surface area contributed by atoms with Gasteiger partial charge in [-0.15, -0.1) is 0 Å². The minimum Gasteiger partial charge on any atom is -0.372 e. The van der Waals surface area contributed by atoms with E-state index in [1.165, 1.54) is 0 Å². The van der Waals surface area contributed by atoms with Crippen LogP contribution in [0.3, 0.4) is 0 Å². The van der Waals surface area contributed by atoms with E-state index in [0.29, 0.717) is 0 Å². The van der Waals surface area contributed by atoms with Crippen LogP contribution in [-0.2, 0) is 0 Å². The van der Waals surface area contributed by atoms with Gasteiger partial charge >= 0.3 is 0 Å². The lowest BCUT2D eigenvalue weighted by molar-refractivity contribution is 0.950. The third-order valence-corrected chi connectivity index (χ3v) is 1.93. The summed E-state index contributed by atoms with van der Waals surface area (Å²) in [5.41, 5.74) is 0. The fourth-order valence-corrected chi connectivity index (χ4v) is 1.33. The lowest BCUT2D eigenvalue weighted by atomic mass is 10.3. The third-order valence-electron chi connectivity index (χ3n) is 1.93. The highest BCUT2D eigenvalue weighted by Gasteiger charge is 2.09. The van der Waals surface area contributed by atoms with E-state index in [1.54, 1.807) is 0 Å². The molecular formula is C8H13N4. The lowest BCUT2D eigenvalue weighted by Gasteiger charge is -2.01. The van der Waals surface area contributed by atoms with Gasteiger partial charge in [-0.25, -0.2) is 0 Å². The van der Waals surface area contributed by atoms with Gasteiger partial charge in [0.1, 0.15) is 5.84 Å². The van der Waals surface area contributed by atoms with E-state index in [2.05, 4.69) is 27.0 Å². The van der Waals surface area contributed by atoms with Gasteiger partial charge in [0.25, 0.3) is 0 Å². The molecule has 2 aliphatic rings. The van der Waals surface area contributed by atoms with Gasteiger partial charge in [-0.2, -0.15) is 0 Å². The molecule has 2 aliphatic heterocycles. The number of rotatable bonds is 3. The predicted molar refractivity (Wildman–Crippen MR) is 49.5 cm³/mol. The molecule has 0 aromatic rings. The van der Waals surface area contributed by atoms with E-state index >= 15 is 0 Å². The van der Waals surface area contributed by atoms with Crippen molar-refractivity contribution in [3.63, 3.8) is 0 Å². The minimum atomic E-state index is 0.881. The zero-order valence-electron chi connectivity index (χ0n) is 7.01. The Morgan fingerprint density at radius 2 is 2.00 bits per heavy atom. The zero-order chi connectivity index (χ0) is 8.23. The number of nitrogens with one attached hydrogen (secondary N) is 2. The highest BCUT2D eigenvalue weighted by molar-refractivity contribution is 5.97. The maximum absolute atomic E-state index is 4.29. The molecule has 0 bridgehead atoms. The average Bonchev–Trinajstić information content (AvgIpc) is 2.74. The Balaban J connectivity index is 1.74. The first-order valence-corrected chi connectivity index (χ1v) is 4.34. The number of hydrogen-bond donors (Lipinski definition) is 2. The van der Waals surface area contributed by atoms with Crippen molar-refractivity contribution in [3.8, 4) is 0 Å². The van der Waals surface area contributed by atoms with Crippen molar-refractivity contribution in [1.82, 2.24) is 10.6 Å². The summed E-state index contributed by atoms with van der Waals surface area (Å²) >= 11 is 0. The predicted octanol–water partition coefficient (Wildman–Crippen LogP) is -0.416. The van der Waals surface area contributed by atoms with Crippen molar-refractivity contribution in [2.75, 3.05) is 26.2 Å². The second-order valence-corrected chi connectivity index (χ2v) is 2.86. The van der Waals surface area contributed by atoms with Gasteiger partial charge in [-0.1, -0.05) is 0 Å². The van der Waals surface area contributed by atoms with Crippen molar-refractivity contribution < 1.29 is 0 Å². The van der Waals surface area contributed by atoms with Crippen LogP contribution in [0, 0.1) is 6.42 Å². The first-order chi connectivity index (χ1) is 5.95. The number of nitrogens with zero attached hydrogens (tertiary/aromatic N) is 2. The summed E-state index contributed by atoms with van der Waals surface area (Å²) in [6, 6.07) is 0. The van der Waals surface area contributed by atoms with Crippen molar-refractivity contribution in [1.29, 1.82) is 0 Å².